The summed E-state index contributed by atoms with van der Waals surface area (Å²) >= 11 is 0. The van der Waals surface area contributed by atoms with Gasteiger partial charge >= 0.3 is 0 Å². The minimum Gasteiger partial charge on any atom is -0.293 e. The molecule has 0 saturated carbocycles. The Hall–Kier alpha value is -0.160. The topological polar surface area (TPSA) is 13.0 Å². The molecule has 2 aliphatic rings. The molecular formula is C15H34N4. The van der Waals surface area contributed by atoms with Gasteiger partial charge in [0.15, 0.2) is 0 Å². The van der Waals surface area contributed by atoms with E-state index in [9.17, 15) is 0 Å². The molecule has 0 atom stereocenters. The van der Waals surface area contributed by atoms with Gasteiger partial charge in [-0.3, -0.25) is 19.6 Å². The highest BCUT2D eigenvalue weighted by molar-refractivity contribution is 4.65. The van der Waals surface area contributed by atoms with Gasteiger partial charge < -0.3 is 0 Å². The summed E-state index contributed by atoms with van der Waals surface area (Å²) < 4.78 is 0. The minimum atomic E-state index is 1.16. The molecule has 0 aromatic carbocycles. The van der Waals surface area contributed by atoms with Crippen LogP contribution in [0.1, 0.15) is 33.6 Å². The van der Waals surface area contributed by atoms with E-state index in [1.54, 1.807) is 0 Å². The van der Waals surface area contributed by atoms with Gasteiger partial charge in [-0.05, 0) is 39.5 Å². The monoisotopic (exact) mass is 270 g/mol. The third kappa shape index (κ3) is 6.70. The van der Waals surface area contributed by atoms with E-state index >= 15 is 0 Å². The molecule has 0 aromatic heterocycles. The molecule has 2 aliphatic heterocycles. The van der Waals surface area contributed by atoms with Crippen LogP contribution in [0.15, 0.2) is 0 Å². The molecule has 4 nitrogen and oxygen atoms in total. The highest BCUT2D eigenvalue weighted by Gasteiger charge is 2.13. The van der Waals surface area contributed by atoms with E-state index in [4.69, 9.17) is 0 Å². The first kappa shape index (κ1) is 16.9. The zero-order chi connectivity index (χ0) is 14.1. The Labute approximate surface area is 120 Å². The summed E-state index contributed by atoms with van der Waals surface area (Å²) in [5.41, 5.74) is 0. The van der Waals surface area contributed by atoms with Crippen LogP contribution in [0.2, 0.25) is 0 Å². The Bertz CT molecular complexity index is 212. The second kappa shape index (κ2) is 9.70. The molecule has 2 fully saturated rings. The van der Waals surface area contributed by atoms with Crippen molar-refractivity contribution in [2.45, 2.75) is 33.6 Å². The SMILES string of the molecule is CCN1CCCN(C)C1.CCN1CCCN(CC)C1. The summed E-state index contributed by atoms with van der Waals surface area (Å²) in [4.78, 5) is 9.82. The second-order valence-corrected chi connectivity index (χ2v) is 5.70. The van der Waals surface area contributed by atoms with Gasteiger partial charge in [0.25, 0.3) is 0 Å². The molecule has 0 spiro atoms. The van der Waals surface area contributed by atoms with Crippen LogP contribution < -0.4 is 0 Å². The Kier molecular flexibility index (Phi) is 8.62. The van der Waals surface area contributed by atoms with Crippen LogP contribution in [0.5, 0.6) is 0 Å². The molecule has 19 heavy (non-hydrogen) atoms. The first-order valence-electron chi connectivity index (χ1n) is 8.05. The Morgan fingerprint density at radius 3 is 1.42 bits per heavy atom. The molecule has 2 rings (SSSR count). The third-order valence-electron chi connectivity index (χ3n) is 4.15. The molecule has 2 heterocycles. The average molecular weight is 270 g/mol. The van der Waals surface area contributed by atoms with E-state index in [2.05, 4.69) is 47.4 Å². The van der Waals surface area contributed by atoms with Crippen molar-refractivity contribution in [2.24, 2.45) is 0 Å². The summed E-state index contributed by atoms with van der Waals surface area (Å²) in [6.07, 6.45) is 2.69. The molecule has 0 N–H and O–H groups in total. The van der Waals surface area contributed by atoms with Crippen molar-refractivity contribution in [2.75, 3.05) is 66.2 Å². The van der Waals surface area contributed by atoms with Crippen molar-refractivity contribution in [3.63, 3.8) is 0 Å². The lowest BCUT2D eigenvalue weighted by Crippen LogP contribution is -2.44. The lowest BCUT2D eigenvalue weighted by atomic mass is 10.3. The van der Waals surface area contributed by atoms with E-state index in [-0.39, 0.29) is 0 Å². The molecule has 0 aliphatic carbocycles. The maximum absolute atomic E-state index is 2.49. The normalized spacial score (nSPS) is 24.0. The molecule has 2 saturated heterocycles. The van der Waals surface area contributed by atoms with Crippen LogP contribution in [0.4, 0.5) is 0 Å². The van der Waals surface area contributed by atoms with E-state index < -0.39 is 0 Å². The standard InChI is InChI=1S/C8H18N2.C7H16N2/c1-3-9-6-5-7-10(4-2)8-9;1-3-9-6-4-5-8(2)7-9/h3-8H2,1-2H3;3-7H2,1-2H3. The van der Waals surface area contributed by atoms with E-state index in [1.807, 2.05) is 0 Å². The Morgan fingerprint density at radius 1 is 0.632 bits per heavy atom. The predicted molar refractivity (Wildman–Crippen MR) is 83.3 cm³/mol. The fourth-order valence-corrected chi connectivity index (χ4v) is 2.76. The maximum atomic E-state index is 2.49. The minimum absolute atomic E-state index is 1.16. The van der Waals surface area contributed by atoms with Gasteiger partial charge in [0.2, 0.25) is 0 Å². The Balaban J connectivity index is 0.000000191. The zero-order valence-corrected chi connectivity index (χ0v) is 13.6. The molecule has 0 aromatic rings. The Morgan fingerprint density at radius 2 is 1.05 bits per heavy atom. The van der Waals surface area contributed by atoms with Crippen LogP contribution in [0.3, 0.4) is 0 Å². The van der Waals surface area contributed by atoms with Crippen molar-refractivity contribution in [3.8, 4) is 0 Å². The maximum Gasteiger partial charge on any atom is 0.0505 e. The average Bonchev–Trinajstić information content (AvgIpc) is 2.48. The van der Waals surface area contributed by atoms with Crippen LogP contribution in [-0.4, -0.2) is 85.8 Å². The van der Waals surface area contributed by atoms with Crippen molar-refractivity contribution in [1.29, 1.82) is 0 Å². The van der Waals surface area contributed by atoms with Crippen LogP contribution in [0.25, 0.3) is 0 Å². The quantitative estimate of drug-likeness (QED) is 0.772. The second-order valence-electron chi connectivity index (χ2n) is 5.70. The molecule has 4 heteroatoms. The molecule has 114 valence electrons. The van der Waals surface area contributed by atoms with Crippen molar-refractivity contribution < 1.29 is 0 Å². The largest absolute Gasteiger partial charge is 0.293 e. The lowest BCUT2D eigenvalue weighted by Gasteiger charge is -2.34. The lowest BCUT2D eigenvalue weighted by molar-refractivity contribution is 0.0954. The van der Waals surface area contributed by atoms with Crippen molar-refractivity contribution in [1.82, 2.24) is 19.6 Å². The molecular weight excluding hydrogens is 236 g/mol. The van der Waals surface area contributed by atoms with Gasteiger partial charge in [-0.1, -0.05) is 20.8 Å². The van der Waals surface area contributed by atoms with Crippen LogP contribution in [0, 0.1) is 0 Å². The van der Waals surface area contributed by atoms with Crippen LogP contribution >= 0.6 is 0 Å². The van der Waals surface area contributed by atoms with Gasteiger partial charge in [-0.15, -0.1) is 0 Å². The fourth-order valence-electron chi connectivity index (χ4n) is 2.76. The van der Waals surface area contributed by atoms with Gasteiger partial charge in [0.1, 0.15) is 0 Å². The summed E-state index contributed by atoms with van der Waals surface area (Å²) in [5.74, 6) is 0. The summed E-state index contributed by atoms with van der Waals surface area (Å²) in [5, 5.41) is 0. The molecule has 0 unspecified atom stereocenters. The number of hydrogen-bond donors (Lipinski definition) is 0. The zero-order valence-electron chi connectivity index (χ0n) is 13.6. The van der Waals surface area contributed by atoms with E-state index in [0.29, 0.717) is 0 Å². The summed E-state index contributed by atoms with van der Waals surface area (Å²) in [7, 11) is 2.18. The smallest absolute Gasteiger partial charge is 0.0505 e. The number of nitrogens with zero attached hydrogens (tertiary/aromatic N) is 4. The molecule has 0 radical (unpaired) electrons. The number of hydrogen-bond acceptors (Lipinski definition) is 4. The van der Waals surface area contributed by atoms with Gasteiger partial charge in [-0.2, -0.15) is 0 Å². The molecule has 0 amide bonds. The summed E-state index contributed by atoms with van der Waals surface area (Å²) in [6, 6.07) is 0. The predicted octanol–water partition coefficient (Wildman–Crippen LogP) is 1.59. The van der Waals surface area contributed by atoms with E-state index in [0.717, 1.165) is 6.67 Å². The van der Waals surface area contributed by atoms with Crippen molar-refractivity contribution >= 4 is 0 Å². The van der Waals surface area contributed by atoms with Crippen LogP contribution in [-0.2, 0) is 0 Å². The molecule has 0 bridgehead atoms. The summed E-state index contributed by atoms with van der Waals surface area (Å²) in [6.45, 7) is 17.8. The van der Waals surface area contributed by atoms with Gasteiger partial charge in [0, 0.05) is 26.2 Å². The van der Waals surface area contributed by atoms with Gasteiger partial charge in [0.05, 0.1) is 13.3 Å². The first-order valence-corrected chi connectivity index (χ1v) is 8.05. The van der Waals surface area contributed by atoms with Gasteiger partial charge in [-0.25, -0.2) is 0 Å². The fraction of sp³-hybridized carbons (Fsp3) is 1.00. The highest BCUT2D eigenvalue weighted by atomic mass is 15.3. The third-order valence-corrected chi connectivity index (χ3v) is 4.15. The number of rotatable bonds is 3. The van der Waals surface area contributed by atoms with Crippen molar-refractivity contribution in [3.05, 3.63) is 0 Å². The van der Waals surface area contributed by atoms with E-state index in [1.165, 1.54) is 65.3 Å². The highest BCUT2D eigenvalue weighted by Crippen LogP contribution is 2.03. The first-order chi connectivity index (χ1) is 9.19.